The third-order valence-electron chi connectivity index (χ3n) is 7.58. The number of nitrogens with one attached hydrogen (secondary N) is 1. The lowest BCUT2D eigenvalue weighted by atomic mass is 9.95. The summed E-state index contributed by atoms with van der Waals surface area (Å²) in [5.41, 5.74) is 3.59. The molecule has 2 aliphatic heterocycles. The summed E-state index contributed by atoms with van der Waals surface area (Å²) >= 11 is 0. The van der Waals surface area contributed by atoms with Crippen molar-refractivity contribution in [3.8, 4) is 11.5 Å². The van der Waals surface area contributed by atoms with Gasteiger partial charge in [-0.15, -0.1) is 5.10 Å². The molecule has 9 nitrogen and oxygen atoms in total. The van der Waals surface area contributed by atoms with Gasteiger partial charge in [-0.1, -0.05) is 37.5 Å². The van der Waals surface area contributed by atoms with Crippen molar-refractivity contribution in [1.29, 1.82) is 0 Å². The van der Waals surface area contributed by atoms with Gasteiger partial charge in [-0.05, 0) is 53.5 Å². The molecule has 7 rings (SSSR count). The molecule has 0 radical (unpaired) electrons. The molecule has 1 N–H and O–H groups in total. The number of fused-ring (bicyclic) bond motifs is 3. The van der Waals surface area contributed by atoms with E-state index >= 15 is 0 Å². The van der Waals surface area contributed by atoms with E-state index in [9.17, 15) is 4.79 Å². The third kappa shape index (κ3) is 3.37. The minimum absolute atomic E-state index is 0.149. The summed E-state index contributed by atoms with van der Waals surface area (Å²) in [4.78, 5) is 19.0. The number of nitrogens with zero attached hydrogens (tertiary/aromatic N) is 5. The summed E-state index contributed by atoms with van der Waals surface area (Å²) in [6, 6.07) is 13.9. The maximum atomic E-state index is 13.6. The minimum Gasteiger partial charge on any atom is -0.454 e. The van der Waals surface area contributed by atoms with E-state index in [0.29, 0.717) is 17.1 Å². The van der Waals surface area contributed by atoms with E-state index < -0.39 is 6.04 Å². The van der Waals surface area contributed by atoms with Crippen molar-refractivity contribution >= 4 is 16.6 Å². The van der Waals surface area contributed by atoms with Crippen LogP contribution in [0.1, 0.15) is 61.1 Å². The Balaban J connectivity index is 1.41. The van der Waals surface area contributed by atoms with Gasteiger partial charge < -0.3 is 19.4 Å². The predicted octanol–water partition coefficient (Wildman–Crippen LogP) is 3.90. The van der Waals surface area contributed by atoms with Gasteiger partial charge in [-0.3, -0.25) is 4.79 Å². The average molecular weight is 471 g/mol. The number of H-pyrrole nitrogens is 1. The van der Waals surface area contributed by atoms with Crippen molar-refractivity contribution in [3.05, 3.63) is 69.8 Å². The Morgan fingerprint density at radius 3 is 2.74 bits per heavy atom. The van der Waals surface area contributed by atoms with Gasteiger partial charge in [0.2, 0.25) is 6.79 Å². The molecule has 0 spiro atoms. The maximum absolute atomic E-state index is 13.6. The van der Waals surface area contributed by atoms with Crippen molar-refractivity contribution in [2.24, 2.45) is 0 Å². The molecule has 0 saturated heterocycles. The first-order valence-corrected chi connectivity index (χ1v) is 12.3. The van der Waals surface area contributed by atoms with Crippen LogP contribution in [0.2, 0.25) is 0 Å². The number of benzene rings is 2. The highest BCUT2D eigenvalue weighted by Gasteiger charge is 2.36. The molecular weight excluding hydrogens is 444 g/mol. The number of pyridine rings is 1. The first-order valence-electron chi connectivity index (χ1n) is 12.3. The number of aromatic amines is 1. The van der Waals surface area contributed by atoms with Crippen LogP contribution in [0.25, 0.3) is 10.9 Å². The number of rotatable bonds is 4. The van der Waals surface area contributed by atoms with Crippen molar-refractivity contribution < 1.29 is 9.47 Å². The highest BCUT2D eigenvalue weighted by atomic mass is 16.7. The lowest BCUT2D eigenvalue weighted by Gasteiger charge is -2.31. The van der Waals surface area contributed by atoms with Crippen molar-refractivity contribution in [3.63, 3.8) is 0 Å². The second kappa shape index (κ2) is 8.11. The van der Waals surface area contributed by atoms with Crippen LogP contribution in [0.4, 0.5) is 5.69 Å². The average Bonchev–Trinajstić information content (AvgIpc) is 3.64. The van der Waals surface area contributed by atoms with Gasteiger partial charge in [0.25, 0.3) is 5.56 Å². The number of para-hydroxylation sites is 1. The van der Waals surface area contributed by atoms with Crippen molar-refractivity contribution in [1.82, 2.24) is 25.2 Å². The lowest BCUT2D eigenvalue weighted by molar-refractivity contribution is 0.174. The normalized spacial score (nSPS) is 18.2. The van der Waals surface area contributed by atoms with Crippen LogP contribution in [0.15, 0.2) is 47.3 Å². The van der Waals surface area contributed by atoms with Crippen LogP contribution in [0, 0.1) is 0 Å². The molecule has 0 amide bonds. The van der Waals surface area contributed by atoms with Crippen LogP contribution in [0.3, 0.4) is 0 Å². The van der Waals surface area contributed by atoms with Crippen LogP contribution < -0.4 is 19.9 Å². The zero-order chi connectivity index (χ0) is 23.4. The molecule has 2 aromatic heterocycles. The van der Waals surface area contributed by atoms with E-state index in [2.05, 4.69) is 43.6 Å². The molecule has 9 heteroatoms. The fourth-order valence-corrected chi connectivity index (χ4v) is 5.86. The van der Waals surface area contributed by atoms with Gasteiger partial charge in [-0.2, -0.15) is 0 Å². The highest BCUT2D eigenvalue weighted by molar-refractivity contribution is 5.83. The minimum atomic E-state index is -0.408. The summed E-state index contributed by atoms with van der Waals surface area (Å²) < 4.78 is 13.1. The summed E-state index contributed by atoms with van der Waals surface area (Å²) in [6.07, 6.45) is 6.62. The standard InChI is InChI=1S/C26H26N6O3/c33-26-19(12-17-13-22-23(35-15-34-22)14-20(17)27-26)24(31-11-10-16-6-4-5-9-21(16)31)25-28-29-30-32(25)18-7-2-1-3-8-18/h4-6,9,12-14,18,24H,1-3,7-8,10-11,15H2,(H,27,33)/t24-/m0/s1. The molecule has 3 aliphatic rings. The third-order valence-corrected chi connectivity index (χ3v) is 7.58. The maximum Gasteiger partial charge on any atom is 0.254 e. The van der Waals surface area contributed by atoms with Gasteiger partial charge in [0.05, 0.1) is 11.6 Å². The second-order valence-electron chi connectivity index (χ2n) is 9.59. The molecule has 2 aromatic carbocycles. The Kier molecular flexibility index (Phi) is 4.75. The van der Waals surface area contributed by atoms with Crippen LogP contribution in [-0.2, 0) is 6.42 Å². The van der Waals surface area contributed by atoms with Gasteiger partial charge in [0, 0.05) is 29.2 Å². The SMILES string of the molecule is O=c1[nH]c2cc3c(cc2cc1[C@@H](c1nnnn1C1CCCCC1)N1CCc2ccccc21)OCO3. The van der Waals surface area contributed by atoms with Crippen molar-refractivity contribution in [2.75, 3.05) is 18.2 Å². The number of anilines is 1. The Morgan fingerprint density at radius 2 is 1.86 bits per heavy atom. The molecule has 0 unspecified atom stereocenters. The molecule has 178 valence electrons. The zero-order valence-corrected chi connectivity index (χ0v) is 19.3. The largest absolute Gasteiger partial charge is 0.454 e. The van der Waals surface area contributed by atoms with Gasteiger partial charge in [0.15, 0.2) is 17.3 Å². The fraction of sp³-hybridized carbons (Fsp3) is 0.385. The number of ether oxygens (including phenoxy) is 2. The quantitative estimate of drug-likeness (QED) is 0.483. The molecule has 1 aliphatic carbocycles. The number of aromatic nitrogens is 5. The topological polar surface area (TPSA) is 98.2 Å². The van der Waals surface area contributed by atoms with Crippen LogP contribution in [-0.4, -0.2) is 38.5 Å². The van der Waals surface area contributed by atoms with E-state index in [0.717, 1.165) is 48.2 Å². The van der Waals surface area contributed by atoms with E-state index in [1.807, 2.05) is 28.9 Å². The number of tetrazole rings is 1. The molecule has 1 fully saturated rings. The van der Waals surface area contributed by atoms with E-state index in [1.54, 1.807) is 0 Å². The summed E-state index contributed by atoms with van der Waals surface area (Å²) in [7, 11) is 0. The molecule has 4 heterocycles. The predicted molar refractivity (Wildman–Crippen MR) is 130 cm³/mol. The van der Waals surface area contributed by atoms with E-state index in [1.165, 1.54) is 24.8 Å². The lowest BCUT2D eigenvalue weighted by Crippen LogP contribution is -2.35. The molecular formula is C26H26N6O3. The Labute approximate surface area is 201 Å². The molecule has 0 bridgehead atoms. The van der Waals surface area contributed by atoms with Gasteiger partial charge >= 0.3 is 0 Å². The van der Waals surface area contributed by atoms with Crippen LogP contribution in [0.5, 0.6) is 11.5 Å². The van der Waals surface area contributed by atoms with E-state index in [4.69, 9.17) is 9.47 Å². The smallest absolute Gasteiger partial charge is 0.254 e. The van der Waals surface area contributed by atoms with Crippen LogP contribution >= 0.6 is 0 Å². The molecule has 4 aromatic rings. The number of hydrogen-bond acceptors (Lipinski definition) is 7. The summed E-state index contributed by atoms with van der Waals surface area (Å²) in [5, 5.41) is 13.9. The first-order chi connectivity index (χ1) is 17.3. The fourth-order valence-electron chi connectivity index (χ4n) is 5.86. The van der Waals surface area contributed by atoms with Gasteiger partial charge in [0.1, 0.15) is 6.04 Å². The number of hydrogen-bond donors (Lipinski definition) is 1. The summed E-state index contributed by atoms with van der Waals surface area (Å²) in [6.45, 7) is 0.978. The molecule has 35 heavy (non-hydrogen) atoms. The molecule has 1 atom stereocenters. The first kappa shape index (κ1) is 20.5. The van der Waals surface area contributed by atoms with Gasteiger partial charge in [-0.25, -0.2) is 4.68 Å². The zero-order valence-electron chi connectivity index (χ0n) is 19.3. The van der Waals surface area contributed by atoms with E-state index in [-0.39, 0.29) is 18.4 Å². The van der Waals surface area contributed by atoms with Crippen molar-refractivity contribution in [2.45, 2.75) is 50.6 Å². The highest BCUT2D eigenvalue weighted by Crippen LogP contribution is 2.40. The Bertz CT molecular complexity index is 1470. The second-order valence-corrected chi connectivity index (χ2v) is 9.59. The molecule has 1 saturated carbocycles. The summed E-state index contributed by atoms with van der Waals surface area (Å²) in [5.74, 6) is 2.05. The Hall–Kier alpha value is -3.88. The monoisotopic (exact) mass is 470 g/mol. The Morgan fingerprint density at radius 1 is 1.03 bits per heavy atom.